The van der Waals surface area contributed by atoms with E-state index in [0.717, 1.165) is 27.1 Å². The monoisotopic (exact) mass is 342 g/mol. The number of amides is 2. The molecular weight excluding hydrogens is 324 g/mol. The lowest BCUT2D eigenvalue weighted by atomic mass is 9.95. The van der Waals surface area contributed by atoms with Crippen molar-refractivity contribution >= 4 is 28.8 Å². The Kier molecular flexibility index (Phi) is 3.69. The van der Waals surface area contributed by atoms with Gasteiger partial charge in [0.05, 0.1) is 17.3 Å². The summed E-state index contributed by atoms with van der Waals surface area (Å²) < 4.78 is 0. The zero-order valence-electron chi connectivity index (χ0n) is 14.9. The third-order valence-electron chi connectivity index (χ3n) is 4.79. The highest BCUT2D eigenvalue weighted by Gasteiger charge is 2.32. The molecule has 0 aromatic heterocycles. The Morgan fingerprint density at radius 3 is 1.92 bits per heavy atom. The summed E-state index contributed by atoms with van der Waals surface area (Å²) in [5.74, 6) is -0.782. The van der Waals surface area contributed by atoms with Crippen LogP contribution in [-0.4, -0.2) is 23.0 Å². The highest BCUT2D eigenvalue weighted by atomic mass is 16.2. The molecule has 1 aliphatic rings. The van der Waals surface area contributed by atoms with E-state index in [2.05, 4.69) is 17.2 Å². The van der Waals surface area contributed by atoms with Crippen LogP contribution in [0.15, 0.2) is 53.6 Å². The molecule has 0 N–H and O–H groups in total. The number of carbonyl (C=O) groups excluding carboxylic acids is 2. The Bertz CT molecular complexity index is 1040. The Morgan fingerprint density at radius 2 is 1.38 bits per heavy atom. The van der Waals surface area contributed by atoms with Crippen LogP contribution in [0.2, 0.25) is 0 Å². The molecule has 4 nitrogen and oxygen atoms in total. The molecule has 3 aromatic rings. The van der Waals surface area contributed by atoms with E-state index in [1.807, 2.05) is 45.0 Å². The van der Waals surface area contributed by atoms with Crippen LogP contribution >= 0.6 is 0 Å². The van der Waals surface area contributed by atoms with Gasteiger partial charge in [0.2, 0.25) is 0 Å². The van der Waals surface area contributed by atoms with Crippen LogP contribution in [0.1, 0.15) is 43.0 Å². The molecule has 0 radical (unpaired) electrons. The van der Waals surface area contributed by atoms with Gasteiger partial charge in [-0.2, -0.15) is 10.1 Å². The lowest BCUT2D eigenvalue weighted by Gasteiger charge is -2.23. The molecule has 1 heterocycles. The summed E-state index contributed by atoms with van der Waals surface area (Å²) in [5, 5.41) is 6.82. The maximum atomic E-state index is 12.9. The molecule has 0 aliphatic carbocycles. The van der Waals surface area contributed by atoms with Crippen molar-refractivity contribution < 1.29 is 9.59 Å². The maximum Gasteiger partial charge on any atom is 0.282 e. The second kappa shape index (κ2) is 5.92. The first-order valence-electron chi connectivity index (χ1n) is 8.50. The average molecular weight is 342 g/mol. The van der Waals surface area contributed by atoms with E-state index < -0.39 is 11.8 Å². The standard InChI is InChI=1S/C22H18N2O2/c1-13-10-14(2)19(15(3)11-13)12-23-24-21(25)17-8-4-6-16-7-5-9-18(20(16)17)22(24)26/h4-12H,1-3H3/b23-12-. The van der Waals surface area contributed by atoms with Crippen molar-refractivity contribution in [1.82, 2.24) is 5.01 Å². The predicted octanol–water partition coefficient (Wildman–Crippen LogP) is 4.40. The minimum atomic E-state index is -0.391. The molecule has 0 atom stereocenters. The third kappa shape index (κ3) is 2.42. The van der Waals surface area contributed by atoms with Crippen LogP contribution in [0.3, 0.4) is 0 Å². The molecular formula is C22H18N2O2. The van der Waals surface area contributed by atoms with Crippen molar-refractivity contribution in [1.29, 1.82) is 0 Å². The highest BCUT2D eigenvalue weighted by Crippen LogP contribution is 2.30. The number of rotatable bonds is 2. The van der Waals surface area contributed by atoms with E-state index in [-0.39, 0.29) is 0 Å². The van der Waals surface area contributed by atoms with Crippen molar-refractivity contribution in [2.24, 2.45) is 5.10 Å². The second-order valence-corrected chi connectivity index (χ2v) is 6.69. The smallest absolute Gasteiger partial charge is 0.267 e. The van der Waals surface area contributed by atoms with Crippen molar-refractivity contribution in [2.75, 3.05) is 0 Å². The normalized spacial score (nSPS) is 13.9. The number of aryl methyl sites for hydroxylation is 3. The van der Waals surface area contributed by atoms with Gasteiger partial charge in [0.25, 0.3) is 11.8 Å². The van der Waals surface area contributed by atoms with Gasteiger partial charge < -0.3 is 0 Å². The molecule has 0 bridgehead atoms. The maximum absolute atomic E-state index is 12.9. The van der Waals surface area contributed by atoms with E-state index >= 15 is 0 Å². The van der Waals surface area contributed by atoms with Gasteiger partial charge in [-0.25, -0.2) is 0 Å². The number of hydrazone groups is 1. The second-order valence-electron chi connectivity index (χ2n) is 6.69. The van der Waals surface area contributed by atoms with Crippen molar-refractivity contribution in [3.63, 3.8) is 0 Å². The van der Waals surface area contributed by atoms with Gasteiger partial charge in [-0.05, 0) is 49.4 Å². The molecule has 4 rings (SSSR count). The van der Waals surface area contributed by atoms with Crippen LogP contribution in [0, 0.1) is 20.8 Å². The Balaban J connectivity index is 1.80. The predicted molar refractivity (Wildman–Crippen MR) is 103 cm³/mol. The summed E-state index contributed by atoms with van der Waals surface area (Å²) in [6.07, 6.45) is 1.61. The number of carbonyl (C=O) groups is 2. The summed E-state index contributed by atoms with van der Waals surface area (Å²) in [5.41, 5.74) is 5.23. The number of nitrogens with zero attached hydrogens (tertiary/aromatic N) is 2. The van der Waals surface area contributed by atoms with Gasteiger partial charge in [0, 0.05) is 10.9 Å². The largest absolute Gasteiger partial charge is 0.282 e. The van der Waals surface area contributed by atoms with Crippen molar-refractivity contribution in [3.05, 3.63) is 81.9 Å². The van der Waals surface area contributed by atoms with E-state index in [4.69, 9.17) is 0 Å². The zero-order valence-corrected chi connectivity index (χ0v) is 14.9. The molecule has 0 unspecified atom stereocenters. The van der Waals surface area contributed by atoms with E-state index in [9.17, 15) is 9.59 Å². The van der Waals surface area contributed by atoms with E-state index in [0.29, 0.717) is 16.5 Å². The van der Waals surface area contributed by atoms with Gasteiger partial charge in [0.15, 0.2) is 0 Å². The summed E-state index contributed by atoms with van der Waals surface area (Å²) in [6.45, 7) is 6.03. The average Bonchev–Trinajstić information content (AvgIpc) is 2.61. The fourth-order valence-corrected chi connectivity index (χ4v) is 3.63. The highest BCUT2D eigenvalue weighted by molar-refractivity contribution is 6.25. The van der Waals surface area contributed by atoms with Crippen LogP contribution in [0.5, 0.6) is 0 Å². The summed E-state index contributed by atoms with van der Waals surface area (Å²) in [4.78, 5) is 25.7. The Morgan fingerprint density at radius 1 is 0.846 bits per heavy atom. The molecule has 0 spiro atoms. The molecule has 26 heavy (non-hydrogen) atoms. The van der Waals surface area contributed by atoms with Gasteiger partial charge in [-0.15, -0.1) is 0 Å². The molecule has 128 valence electrons. The lowest BCUT2D eigenvalue weighted by Crippen LogP contribution is -2.36. The Hall–Kier alpha value is -3.27. The molecule has 1 aliphatic heterocycles. The topological polar surface area (TPSA) is 49.7 Å². The fourth-order valence-electron chi connectivity index (χ4n) is 3.63. The summed E-state index contributed by atoms with van der Waals surface area (Å²) in [7, 11) is 0. The molecule has 2 amide bonds. The van der Waals surface area contributed by atoms with Crippen LogP contribution < -0.4 is 0 Å². The third-order valence-corrected chi connectivity index (χ3v) is 4.79. The quantitative estimate of drug-likeness (QED) is 0.512. The number of hydrogen-bond acceptors (Lipinski definition) is 3. The zero-order chi connectivity index (χ0) is 18.4. The van der Waals surface area contributed by atoms with E-state index in [1.54, 1.807) is 18.3 Å². The summed E-state index contributed by atoms with van der Waals surface area (Å²) >= 11 is 0. The van der Waals surface area contributed by atoms with E-state index in [1.165, 1.54) is 5.56 Å². The first kappa shape index (κ1) is 16.2. The van der Waals surface area contributed by atoms with Crippen LogP contribution in [0.25, 0.3) is 10.8 Å². The first-order valence-corrected chi connectivity index (χ1v) is 8.50. The van der Waals surface area contributed by atoms with Crippen molar-refractivity contribution in [2.45, 2.75) is 20.8 Å². The van der Waals surface area contributed by atoms with Gasteiger partial charge in [0.1, 0.15) is 0 Å². The van der Waals surface area contributed by atoms with Crippen molar-refractivity contribution in [3.8, 4) is 0 Å². The molecule has 3 aromatic carbocycles. The fraction of sp³-hybridized carbons (Fsp3) is 0.136. The Labute approximate surface area is 151 Å². The van der Waals surface area contributed by atoms with Crippen LogP contribution in [0.4, 0.5) is 0 Å². The lowest BCUT2D eigenvalue weighted by molar-refractivity contribution is 0.0616. The van der Waals surface area contributed by atoms with Gasteiger partial charge in [-0.1, -0.05) is 42.0 Å². The number of imide groups is 1. The molecule has 0 fully saturated rings. The van der Waals surface area contributed by atoms with Gasteiger partial charge in [-0.3, -0.25) is 9.59 Å². The minimum absolute atomic E-state index is 0.391. The molecule has 0 saturated heterocycles. The molecule has 4 heteroatoms. The SMILES string of the molecule is Cc1cc(C)c(/C=N\N2C(=O)c3cccc4cccc(c34)C2=O)c(C)c1. The summed E-state index contributed by atoms with van der Waals surface area (Å²) in [6, 6.07) is 15.1. The minimum Gasteiger partial charge on any atom is -0.267 e. The number of hydrogen-bond donors (Lipinski definition) is 0. The number of benzene rings is 3. The van der Waals surface area contributed by atoms with Crippen LogP contribution in [-0.2, 0) is 0 Å². The molecule has 0 saturated carbocycles. The van der Waals surface area contributed by atoms with Gasteiger partial charge >= 0.3 is 0 Å². The first-order chi connectivity index (χ1) is 12.5.